The van der Waals surface area contributed by atoms with E-state index in [1.165, 1.54) is 6.08 Å². The average molecular weight is 237 g/mol. The minimum absolute atomic E-state index is 0.170. The number of nitrogens with zero attached hydrogens (tertiary/aromatic N) is 3. The highest BCUT2D eigenvalue weighted by molar-refractivity contribution is 5.88. The van der Waals surface area contributed by atoms with E-state index in [2.05, 4.69) is 16.9 Å². The Morgan fingerprint density at radius 3 is 3.24 bits per heavy atom. The van der Waals surface area contributed by atoms with Crippen LogP contribution in [0, 0.1) is 6.92 Å². The summed E-state index contributed by atoms with van der Waals surface area (Å²) < 4.78 is 11.9. The highest BCUT2D eigenvalue weighted by atomic mass is 16.5. The van der Waals surface area contributed by atoms with E-state index in [4.69, 9.17) is 9.47 Å². The molecule has 0 bridgehead atoms. The highest BCUT2D eigenvalue weighted by Gasteiger charge is 2.24. The van der Waals surface area contributed by atoms with Crippen molar-refractivity contribution in [3.05, 3.63) is 24.0 Å². The Labute approximate surface area is 99.2 Å². The SMILES string of the molecule is C=CCOC(=O)c1nnn(C2CCOC2)c1C. The number of rotatable bonds is 4. The summed E-state index contributed by atoms with van der Waals surface area (Å²) in [5.74, 6) is -0.465. The van der Waals surface area contributed by atoms with Gasteiger partial charge in [-0.15, -0.1) is 5.10 Å². The van der Waals surface area contributed by atoms with Crippen molar-refractivity contribution in [3.63, 3.8) is 0 Å². The second-order valence-corrected chi connectivity index (χ2v) is 3.87. The maximum Gasteiger partial charge on any atom is 0.361 e. The van der Waals surface area contributed by atoms with E-state index in [1.807, 2.05) is 6.92 Å². The number of ether oxygens (including phenoxy) is 2. The summed E-state index contributed by atoms with van der Waals surface area (Å²) in [5.41, 5.74) is 0.980. The minimum atomic E-state index is -0.465. The summed E-state index contributed by atoms with van der Waals surface area (Å²) in [5, 5.41) is 7.85. The lowest BCUT2D eigenvalue weighted by Gasteiger charge is -2.09. The Morgan fingerprint density at radius 1 is 1.76 bits per heavy atom. The van der Waals surface area contributed by atoms with E-state index in [1.54, 1.807) is 4.68 Å². The third-order valence-corrected chi connectivity index (χ3v) is 2.70. The van der Waals surface area contributed by atoms with Crippen molar-refractivity contribution in [1.82, 2.24) is 15.0 Å². The number of carbonyl (C=O) groups is 1. The molecular formula is C11H15N3O3. The largest absolute Gasteiger partial charge is 0.457 e. The summed E-state index contributed by atoms with van der Waals surface area (Å²) in [6.07, 6.45) is 2.41. The molecule has 0 spiro atoms. The van der Waals surface area contributed by atoms with Gasteiger partial charge in [0.25, 0.3) is 0 Å². The van der Waals surface area contributed by atoms with E-state index in [0.717, 1.165) is 18.7 Å². The first-order valence-corrected chi connectivity index (χ1v) is 5.51. The van der Waals surface area contributed by atoms with Crippen LogP contribution < -0.4 is 0 Å². The monoisotopic (exact) mass is 237 g/mol. The lowest BCUT2D eigenvalue weighted by Crippen LogP contribution is -2.13. The van der Waals surface area contributed by atoms with Crippen molar-refractivity contribution >= 4 is 5.97 Å². The van der Waals surface area contributed by atoms with Gasteiger partial charge < -0.3 is 9.47 Å². The van der Waals surface area contributed by atoms with Gasteiger partial charge in [0.2, 0.25) is 0 Å². The maximum atomic E-state index is 11.6. The summed E-state index contributed by atoms with van der Waals surface area (Å²) in [6.45, 7) is 6.81. The Kier molecular flexibility index (Phi) is 3.53. The predicted octanol–water partition coefficient (Wildman–Crippen LogP) is 0.891. The smallest absolute Gasteiger partial charge is 0.361 e. The van der Waals surface area contributed by atoms with Gasteiger partial charge in [0.15, 0.2) is 5.69 Å². The van der Waals surface area contributed by atoms with Crippen molar-refractivity contribution in [1.29, 1.82) is 0 Å². The van der Waals surface area contributed by atoms with E-state index in [-0.39, 0.29) is 18.3 Å². The normalized spacial score (nSPS) is 19.2. The topological polar surface area (TPSA) is 66.2 Å². The first-order valence-electron chi connectivity index (χ1n) is 5.51. The lowest BCUT2D eigenvalue weighted by atomic mass is 10.2. The molecule has 2 heterocycles. The summed E-state index contributed by atoms with van der Waals surface area (Å²) in [7, 11) is 0. The van der Waals surface area contributed by atoms with Gasteiger partial charge in [-0.05, 0) is 13.3 Å². The van der Waals surface area contributed by atoms with Gasteiger partial charge in [-0.2, -0.15) is 0 Å². The second kappa shape index (κ2) is 5.09. The molecule has 0 amide bonds. The molecule has 0 aromatic carbocycles. The lowest BCUT2D eigenvalue weighted by molar-refractivity contribution is 0.0542. The van der Waals surface area contributed by atoms with Crippen LogP contribution >= 0.6 is 0 Å². The molecule has 0 aliphatic carbocycles. The summed E-state index contributed by atoms with van der Waals surface area (Å²) >= 11 is 0. The van der Waals surface area contributed by atoms with Crippen molar-refractivity contribution in [2.45, 2.75) is 19.4 Å². The van der Waals surface area contributed by atoms with Crippen molar-refractivity contribution in [2.75, 3.05) is 19.8 Å². The van der Waals surface area contributed by atoms with Gasteiger partial charge in [-0.3, -0.25) is 0 Å². The van der Waals surface area contributed by atoms with Crippen LogP contribution in [-0.4, -0.2) is 40.8 Å². The fourth-order valence-electron chi connectivity index (χ4n) is 1.79. The van der Waals surface area contributed by atoms with E-state index >= 15 is 0 Å². The minimum Gasteiger partial charge on any atom is -0.457 e. The van der Waals surface area contributed by atoms with Crippen LogP contribution in [0.25, 0.3) is 0 Å². The van der Waals surface area contributed by atoms with Crippen LogP contribution in [0.1, 0.15) is 28.6 Å². The van der Waals surface area contributed by atoms with Crippen LogP contribution in [0.3, 0.4) is 0 Å². The third-order valence-electron chi connectivity index (χ3n) is 2.70. The molecule has 0 N–H and O–H groups in total. The molecular weight excluding hydrogens is 222 g/mol. The van der Waals surface area contributed by atoms with E-state index in [0.29, 0.717) is 6.61 Å². The van der Waals surface area contributed by atoms with Crippen LogP contribution in [-0.2, 0) is 9.47 Å². The molecule has 1 aromatic heterocycles. The second-order valence-electron chi connectivity index (χ2n) is 3.87. The van der Waals surface area contributed by atoms with Crippen molar-refractivity contribution in [3.8, 4) is 0 Å². The summed E-state index contributed by atoms with van der Waals surface area (Å²) in [4.78, 5) is 11.6. The molecule has 6 heteroatoms. The number of carbonyl (C=O) groups excluding carboxylic acids is 1. The maximum absolute atomic E-state index is 11.6. The third kappa shape index (κ3) is 2.36. The molecule has 6 nitrogen and oxygen atoms in total. The van der Waals surface area contributed by atoms with Crippen molar-refractivity contribution < 1.29 is 14.3 Å². The van der Waals surface area contributed by atoms with Gasteiger partial charge in [-0.1, -0.05) is 17.9 Å². The average Bonchev–Trinajstić information content (AvgIpc) is 2.94. The number of esters is 1. The van der Waals surface area contributed by atoms with Crippen molar-refractivity contribution in [2.24, 2.45) is 0 Å². The molecule has 1 aromatic rings. The first kappa shape index (κ1) is 11.8. The van der Waals surface area contributed by atoms with Gasteiger partial charge in [-0.25, -0.2) is 9.48 Å². The zero-order valence-electron chi connectivity index (χ0n) is 9.76. The summed E-state index contributed by atoms with van der Waals surface area (Å²) in [6, 6.07) is 0.170. The molecule has 1 unspecified atom stereocenters. The van der Waals surface area contributed by atoms with Gasteiger partial charge in [0.1, 0.15) is 6.61 Å². The van der Waals surface area contributed by atoms with E-state index < -0.39 is 5.97 Å². The molecule has 1 saturated heterocycles. The Morgan fingerprint density at radius 2 is 2.59 bits per heavy atom. The van der Waals surface area contributed by atoms with Crippen LogP contribution in [0.4, 0.5) is 0 Å². The Balaban J connectivity index is 2.14. The predicted molar refractivity (Wildman–Crippen MR) is 59.7 cm³/mol. The van der Waals surface area contributed by atoms with Gasteiger partial charge in [0, 0.05) is 6.61 Å². The van der Waals surface area contributed by atoms with Crippen LogP contribution in [0.2, 0.25) is 0 Å². The number of hydrogen-bond acceptors (Lipinski definition) is 5. The molecule has 0 radical (unpaired) electrons. The van der Waals surface area contributed by atoms with Crippen LogP contribution in [0.15, 0.2) is 12.7 Å². The molecule has 1 fully saturated rings. The molecule has 2 rings (SSSR count). The van der Waals surface area contributed by atoms with Crippen LogP contribution in [0.5, 0.6) is 0 Å². The number of aromatic nitrogens is 3. The first-order chi connectivity index (χ1) is 8.24. The standard InChI is InChI=1S/C11H15N3O3/c1-3-5-17-11(15)10-8(2)14(13-12-10)9-4-6-16-7-9/h3,9H,1,4-7H2,2H3. The zero-order chi connectivity index (χ0) is 12.3. The van der Waals surface area contributed by atoms with Gasteiger partial charge >= 0.3 is 5.97 Å². The highest BCUT2D eigenvalue weighted by Crippen LogP contribution is 2.20. The fourth-order valence-corrected chi connectivity index (χ4v) is 1.79. The molecule has 1 aliphatic rings. The molecule has 17 heavy (non-hydrogen) atoms. The fraction of sp³-hybridized carbons (Fsp3) is 0.545. The molecule has 1 atom stereocenters. The number of hydrogen-bond donors (Lipinski definition) is 0. The molecule has 0 saturated carbocycles. The molecule has 1 aliphatic heterocycles. The quantitative estimate of drug-likeness (QED) is 0.574. The molecule has 92 valence electrons. The Bertz CT molecular complexity index is 422. The van der Waals surface area contributed by atoms with Gasteiger partial charge in [0.05, 0.1) is 18.3 Å². The van der Waals surface area contributed by atoms with E-state index in [9.17, 15) is 4.79 Å². The Hall–Kier alpha value is -1.69. The zero-order valence-corrected chi connectivity index (χ0v) is 9.76.